The number of hydrogen-bond acceptors (Lipinski definition) is 4. The molecule has 0 radical (unpaired) electrons. The second kappa shape index (κ2) is 7.36. The minimum absolute atomic E-state index is 0.0678. The SMILES string of the molecule is CC(N)CC(=O)NC1CCN(Cc2ccncc2)CC1. The summed E-state index contributed by atoms with van der Waals surface area (Å²) in [6, 6.07) is 4.34. The number of rotatable bonds is 5. The van der Waals surface area contributed by atoms with Gasteiger partial charge in [-0.1, -0.05) is 0 Å². The molecule has 1 atom stereocenters. The predicted octanol–water partition coefficient (Wildman–Crippen LogP) is 0.899. The van der Waals surface area contributed by atoms with Crippen molar-refractivity contribution in [2.45, 2.75) is 44.8 Å². The zero-order valence-electron chi connectivity index (χ0n) is 12.1. The Kier molecular flexibility index (Phi) is 5.49. The number of amides is 1. The van der Waals surface area contributed by atoms with Crippen molar-refractivity contribution in [3.8, 4) is 0 Å². The number of carbonyl (C=O) groups is 1. The third-order valence-electron chi connectivity index (χ3n) is 3.62. The van der Waals surface area contributed by atoms with E-state index in [0.29, 0.717) is 12.5 Å². The molecule has 1 saturated heterocycles. The van der Waals surface area contributed by atoms with Crippen LogP contribution in [0, 0.1) is 0 Å². The first-order chi connectivity index (χ1) is 9.63. The largest absolute Gasteiger partial charge is 0.353 e. The lowest BCUT2D eigenvalue weighted by Crippen LogP contribution is -2.45. The Balaban J connectivity index is 1.71. The normalized spacial score (nSPS) is 18.7. The molecule has 0 aromatic carbocycles. The van der Waals surface area contributed by atoms with E-state index in [9.17, 15) is 4.79 Å². The van der Waals surface area contributed by atoms with Crippen LogP contribution in [-0.2, 0) is 11.3 Å². The number of likely N-dealkylation sites (tertiary alicyclic amines) is 1. The van der Waals surface area contributed by atoms with Crippen molar-refractivity contribution in [2.24, 2.45) is 5.73 Å². The topological polar surface area (TPSA) is 71.2 Å². The van der Waals surface area contributed by atoms with Gasteiger partial charge in [0, 0.05) is 50.5 Å². The highest BCUT2D eigenvalue weighted by molar-refractivity contribution is 5.76. The molecule has 20 heavy (non-hydrogen) atoms. The number of pyridine rings is 1. The molecule has 1 unspecified atom stereocenters. The van der Waals surface area contributed by atoms with Crippen LogP contribution in [0.2, 0.25) is 0 Å². The van der Waals surface area contributed by atoms with Crippen molar-refractivity contribution >= 4 is 5.91 Å². The number of nitrogens with zero attached hydrogens (tertiary/aromatic N) is 2. The second-order valence-electron chi connectivity index (χ2n) is 5.65. The van der Waals surface area contributed by atoms with Gasteiger partial charge >= 0.3 is 0 Å². The molecule has 1 fully saturated rings. The summed E-state index contributed by atoms with van der Waals surface area (Å²) in [5.41, 5.74) is 6.92. The van der Waals surface area contributed by atoms with Gasteiger partial charge in [-0.3, -0.25) is 14.7 Å². The highest BCUT2D eigenvalue weighted by atomic mass is 16.1. The Bertz CT molecular complexity index is 413. The molecule has 5 heteroatoms. The quantitative estimate of drug-likeness (QED) is 0.838. The summed E-state index contributed by atoms with van der Waals surface area (Å²) in [6.07, 6.45) is 6.09. The minimum Gasteiger partial charge on any atom is -0.353 e. The van der Waals surface area contributed by atoms with Gasteiger partial charge in [-0.15, -0.1) is 0 Å². The fourth-order valence-electron chi connectivity index (χ4n) is 2.56. The van der Waals surface area contributed by atoms with Crippen molar-refractivity contribution < 1.29 is 4.79 Å². The van der Waals surface area contributed by atoms with E-state index in [1.54, 1.807) is 0 Å². The van der Waals surface area contributed by atoms with E-state index in [1.165, 1.54) is 5.56 Å². The lowest BCUT2D eigenvalue weighted by molar-refractivity contribution is -0.122. The molecule has 0 bridgehead atoms. The molecule has 1 aromatic heterocycles. The van der Waals surface area contributed by atoms with Crippen molar-refractivity contribution in [3.05, 3.63) is 30.1 Å². The Morgan fingerprint density at radius 3 is 2.70 bits per heavy atom. The van der Waals surface area contributed by atoms with E-state index in [2.05, 4.69) is 27.3 Å². The minimum atomic E-state index is -0.0678. The van der Waals surface area contributed by atoms with Gasteiger partial charge in [-0.05, 0) is 37.5 Å². The van der Waals surface area contributed by atoms with Gasteiger partial charge in [0.1, 0.15) is 0 Å². The third-order valence-corrected chi connectivity index (χ3v) is 3.62. The summed E-state index contributed by atoms with van der Waals surface area (Å²) in [7, 11) is 0. The fourth-order valence-corrected chi connectivity index (χ4v) is 2.56. The van der Waals surface area contributed by atoms with Crippen molar-refractivity contribution in [2.75, 3.05) is 13.1 Å². The van der Waals surface area contributed by atoms with E-state index in [0.717, 1.165) is 32.5 Å². The molecular weight excluding hydrogens is 252 g/mol. The second-order valence-corrected chi connectivity index (χ2v) is 5.65. The smallest absolute Gasteiger partial charge is 0.221 e. The first-order valence-corrected chi connectivity index (χ1v) is 7.29. The number of nitrogens with one attached hydrogen (secondary N) is 1. The summed E-state index contributed by atoms with van der Waals surface area (Å²) >= 11 is 0. The van der Waals surface area contributed by atoms with Crippen molar-refractivity contribution in [1.82, 2.24) is 15.2 Å². The molecule has 1 aliphatic heterocycles. The molecule has 2 rings (SSSR count). The molecule has 1 aliphatic rings. The molecular formula is C15H24N4O. The van der Waals surface area contributed by atoms with Crippen LogP contribution < -0.4 is 11.1 Å². The van der Waals surface area contributed by atoms with Gasteiger partial charge in [0.2, 0.25) is 5.91 Å². The van der Waals surface area contributed by atoms with Crippen LogP contribution in [0.5, 0.6) is 0 Å². The average Bonchev–Trinajstić information content (AvgIpc) is 2.41. The van der Waals surface area contributed by atoms with Gasteiger partial charge in [0.25, 0.3) is 0 Å². The van der Waals surface area contributed by atoms with Crippen molar-refractivity contribution in [3.63, 3.8) is 0 Å². The van der Waals surface area contributed by atoms with Crippen LogP contribution >= 0.6 is 0 Å². The number of nitrogens with two attached hydrogens (primary N) is 1. The molecule has 3 N–H and O–H groups in total. The summed E-state index contributed by atoms with van der Waals surface area (Å²) in [5, 5.41) is 3.08. The third kappa shape index (κ3) is 4.90. The van der Waals surface area contributed by atoms with Crippen LogP contribution in [0.1, 0.15) is 31.7 Å². The zero-order chi connectivity index (χ0) is 14.4. The van der Waals surface area contributed by atoms with Gasteiger partial charge in [-0.25, -0.2) is 0 Å². The molecule has 110 valence electrons. The standard InChI is InChI=1S/C15H24N4O/c1-12(16)10-15(20)18-14-4-8-19(9-5-14)11-13-2-6-17-7-3-13/h2-3,6-7,12,14H,4-5,8-11,16H2,1H3,(H,18,20). The highest BCUT2D eigenvalue weighted by Crippen LogP contribution is 2.13. The summed E-state index contributed by atoms with van der Waals surface area (Å²) < 4.78 is 0. The summed E-state index contributed by atoms with van der Waals surface area (Å²) in [4.78, 5) is 18.1. The highest BCUT2D eigenvalue weighted by Gasteiger charge is 2.20. The molecule has 0 saturated carbocycles. The fraction of sp³-hybridized carbons (Fsp3) is 0.600. The molecule has 0 aliphatic carbocycles. The van der Waals surface area contributed by atoms with E-state index in [4.69, 9.17) is 5.73 Å². The van der Waals surface area contributed by atoms with Crippen LogP contribution in [0.25, 0.3) is 0 Å². The van der Waals surface area contributed by atoms with E-state index < -0.39 is 0 Å². The van der Waals surface area contributed by atoms with E-state index in [1.807, 2.05) is 19.3 Å². The Morgan fingerprint density at radius 1 is 1.45 bits per heavy atom. The molecule has 1 aromatic rings. The maximum atomic E-state index is 11.7. The van der Waals surface area contributed by atoms with Crippen molar-refractivity contribution in [1.29, 1.82) is 0 Å². The van der Waals surface area contributed by atoms with Gasteiger partial charge < -0.3 is 11.1 Å². The molecule has 5 nitrogen and oxygen atoms in total. The molecule has 2 heterocycles. The summed E-state index contributed by atoms with van der Waals surface area (Å²) in [5.74, 6) is 0.0765. The maximum absolute atomic E-state index is 11.7. The Morgan fingerprint density at radius 2 is 2.10 bits per heavy atom. The number of hydrogen-bond donors (Lipinski definition) is 2. The number of carbonyl (C=O) groups excluding carboxylic acids is 1. The predicted molar refractivity (Wildman–Crippen MR) is 78.9 cm³/mol. The van der Waals surface area contributed by atoms with Crippen LogP contribution in [0.15, 0.2) is 24.5 Å². The average molecular weight is 276 g/mol. The van der Waals surface area contributed by atoms with Gasteiger partial charge in [-0.2, -0.15) is 0 Å². The molecule has 0 spiro atoms. The lowest BCUT2D eigenvalue weighted by atomic mass is 10.0. The number of aromatic nitrogens is 1. The molecule has 1 amide bonds. The van der Waals surface area contributed by atoms with Gasteiger partial charge in [0.15, 0.2) is 0 Å². The first-order valence-electron chi connectivity index (χ1n) is 7.29. The zero-order valence-corrected chi connectivity index (χ0v) is 12.1. The lowest BCUT2D eigenvalue weighted by Gasteiger charge is -2.32. The maximum Gasteiger partial charge on any atom is 0.221 e. The van der Waals surface area contributed by atoms with E-state index in [-0.39, 0.29) is 11.9 Å². The van der Waals surface area contributed by atoms with E-state index >= 15 is 0 Å². The van der Waals surface area contributed by atoms with Gasteiger partial charge in [0.05, 0.1) is 0 Å². The Hall–Kier alpha value is -1.46. The van der Waals surface area contributed by atoms with Crippen LogP contribution in [-0.4, -0.2) is 41.0 Å². The van der Waals surface area contributed by atoms with Crippen LogP contribution in [0.4, 0.5) is 0 Å². The van der Waals surface area contributed by atoms with Crippen LogP contribution in [0.3, 0.4) is 0 Å². The number of piperidine rings is 1. The Labute approximate surface area is 120 Å². The first kappa shape index (κ1) is 14.9. The monoisotopic (exact) mass is 276 g/mol. The summed E-state index contributed by atoms with van der Waals surface area (Å²) in [6.45, 7) is 4.86.